The maximum absolute atomic E-state index is 11.7. The minimum atomic E-state index is -0.405. The van der Waals surface area contributed by atoms with E-state index in [1.165, 1.54) is 14.2 Å². The lowest BCUT2D eigenvalue weighted by Crippen LogP contribution is -2.28. The zero-order chi connectivity index (χ0) is 14.3. The van der Waals surface area contributed by atoms with Gasteiger partial charge in [-0.1, -0.05) is 0 Å². The molecule has 1 aliphatic rings. The maximum Gasteiger partial charge on any atom is 0.414 e. The Bertz CT molecular complexity index is 705. The van der Waals surface area contributed by atoms with Crippen LogP contribution in [0.2, 0.25) is 0 Å². The molecule has 3 rings (SSSR count). The molecule has 0 aliphatic carbocycles. The lowest BCUT2D eigenvalue weighted by molar-refractivity contribution is 0.0595. The van der Waals surface area contributed by atoms with Gasteiger partial charge >= 0.3 is 12.1 Å². The fraction of sp³-hybridized carbons (Fsp3) is 0.286. The second-order valence-electron chi connectivity index (χ2n) is 4.57. The molecule has 1 amide bonds. The Kier molecular flexibility index (Phi) is 2.85. The first kappa shape index (κ1) is 12.5. The van der Waals surface area contributed by atoms with Gasteiger partial charge in [0.05, 0.1) is 19.9 Å². The first-order chi connectivity index (χ1) is 9.65. The van der Waals surface area contributed by atoms with Crippen LogP contribution >= 0.6 is 0 Å². The largest absolute Gasteiger partial charge is 0.464 e. The first-order valence-electron chi connectivity index (χ1n) is 6.24. The van der Waals surface area contributed by atoms with Crippen LogP contribution in [0.15, 0.2) is 18.2 Å². The van der Waals surface area contributed by atoms with Crippen LogP contribution in [0.25, 0.3) is 10.9 Å². The van der Waals surface area contributed by atoms with Gasteiger partial charge in [0.1, 0.15) is 5.69 Å². The number of fused-ring (bicyclic) bond motifs is 3. The van der Waals surface area contributed by atoms with Crippen LogP contribution in [0.3, 0.4) is 0 Å². The molecule has 1 aromatic heterocycles. The van der Waals surface area contributed by atoms with E-state index in [-0.39, 0.29) is 6.09 Å². The van der Waals surface area contributed by atoms with Gasteiger partial charge in [-0.15, -0.1) is 0 Å². The van der Waals surface area contributed by atoms with Crippen LogP contribution in [0.1, 0.15) is 16.1 Å². The molecule has 1 aromatic carbocycles. The average molecular weight is 274 g/mol. The number of esters is 1. The Balaban J connectivity index is 2.11. The standard InChI is InChI=1S/C14H14N2O4/c1-19-13(17)11-7-9-8-5-6-16(14(18)20-2)12(8)4-3-10(9)15-11/h3-4,7,15H,5-6H2,1-2H3. The van der Waals surface area contributed by atoms with Crippen LogP contribution < -0.4 is 4.90 Å². The number of benzene rings is 1. The third-order valence-corrected chi connectivity index (χ3v) is 3.57. The third-order valence-electron chi connectivity index (χ3n) is 3.57. The van der Waals surface area contributed by atoms with Gasteiger partial charge in [-0.05, 0) is 30.2 Å². The highest BCUT2D eigenvalue weighted by Crippen LogP contribution is 2.35. The zero-order valence-corrected chi connectivity index (χ0v) is 11.2. The summed E-state index contributed by atoms with van der Waals surface area (Å²) in [4.78, 5) is 27.9. The van der Waals surface area contributed by atoms with E-state index < -0.39 is 5.97 Å². The van der Waals surface area contributed by atoms with Crippen molar-refractivity contribution in [3.8, 4) is 0 Å². The molecule has 0 saturated carbocycles. The smallest absolute Gasteiger partial charge is 0.414 e. The van der Waals surface area contributed by atoms with E-state index in [9.17, 15) is 9.59 Å². The van der Waals surface area contributed by atoms with Crippen molar-refractivity contribution in [2.24, 2.45) is 0 Å². The zero-order valence-electron chi connectivity index (χ0n) is 11.2. The van der Waals surface area contributed by atoms with E-state index in [2.05, 4.69) is 4.98 Å². The minimum absolute atomic E-state index is 0.369. The van der Waals surface area contributed by atoms with Crippen LogP contribution in [0.5, 0.6) is 0 Å². The summed E-state index contributed by atoms with van der Waals surface area (Å²) < 4.78 is 9.48. The van der Waals surface area contributed by atoms with E-state index in [1.54, 1.807) is 11.0 Å². The van der Waals surface area contributed by atoms with Gasteiger partial charge in [-0.25, -0.2) is 9.59 Å². The number of anilines is 1. The number of hydrogen-bond acceptors (Lipinski definition) is 4. The van der Waals surface area contributed by atoms with Crippen LogP contribution in [0, 0.1) is 0 Å². The predicted molar refractivity (Wildman–Crippen MR) is 73.1 cm³/mol. The Morgan fingerprint density at radius 2 is 2.05 bits per heavy atom. The summed E-state index contributed by atoms with van der Waals surface area (Å²) in [5, 5.41) is 0.939. The molecule has 6 heteroatoms. The summed E-state index contributed by atoms with van der Waals surface area (Å²) in [6, 6.07) is 5.47. The normalized spacial score (nSPS) is 13.4. The number of amides is 1. The molecule has 20 heavy (non-hydrogen) atoms. The summed E-state index contributed by atoms with van der Waals surface area (Å²) in [5.74, 6) is -0.405. The van der Waals surface area contributed by atoms with E-state index in [4.69, 9.17) is 9.47 Å². The quantitative estimate of drug-likeness (QED) is 0.808. The van der Waals surface area contributed by atoms with E-state index in [0.717, 1.165) is 28.6 Å². The molecule has 1 aliphatic heterocycles. The van der Waals surface area contributed by atoms with Gasteiger partial charge in [0.25, 0.3) is 0 Å². The number of aromatic nitrogens is 1. The van der Waals surface area contributed by atoms with Gasteiger partial charge < -0.3 is 14.5 Å². The average Bonchev–Trinajstić information content (AvgIpc) is 3.08. The molecule has 0 bridgehead atoms. The fourth-order valence-corrected chi connectivity index (χ4v) is 2.63. The molecule has 2 heterocycles. The second kappa shape index (κ2) is 4.56. The molecule has 1 N–H and O–H groups in total. The highest BCUT2D eigenvalue weighted by atomic mass is 16.5. The summed E-state index contributed by atoms with van der Waals surface area (Å²) in [6.45, 7) is 0.583. The van der Waals surface area contributed by atoms with E-state index in [1.807, 2.05) is 12.1 Å². The summed E-state index contributed by atoms with van der Waals surface area (Å²) in [5.41, 5.74) is 3.14. The third kappa shape index (κ3) is 1.72. The van der Waals surface area contributed by atoms with Crippen molar-refractivity contribution in [2.45, 2.75) is 6.42 Å². The summed E-state index contributed by atoms with van der Waals surface area (Å²) >= 11 is 0. The van der Waals surface area contributed by atoms with Gasteiger partial charge in [0.15, 0.2) is 0 Å². The van der Waals surface area contributed by atoms with Crippen molar-refractivity contribution in [1.29, 1.82) is 0 Å². The van der Waals surface area contributed by atoms with Gasteiger partial charge in [0.2, 0.25) is 0 Å². The Morgan fingerprint density at radius 1 is 1.25 bits per heavy atom. The van der Waals surface area contributed by atoms with Gasteiger partial charge in [0, 0.05) is 17.4 Å². The molecular weight excluding hydrogens is 260 g/mol. The number of H-pyrrole nitrogens is 1. The number of methoxy groups -OCH3 is 2. The van der Waals surface area contributed by atoms with Crippen molar-refractivity contribution in [3.63, 3.8) is 0 Å². The maximum atomic E-state index is 11.7. The number of rotatable bonds is 1. The number of carbonyl (C=O) groups is 2. The summed E-state index contributed by atoms with van der Waals surface area (Å²) in [7, 11) is 2.71. The van der Waals surface area contributed by atoms with Crippen LogP contribution in [-0.2, 0) is 15.9 Å². The fourth-order valence-electron chi connectivity index (χ4n) is 2.63. The molecule has 0 spiro atoms. The van der Waals surface area contributed by atoms with Gasteiger partial charge in [-0.3, -0.25) is 4.90 Å². The summed E-state index contributed by atoms with van der Waals surface area (Å²) in [6.07, 6.45) is 0.368. The molecule has 0 atom stereocenters. The van der Waals surface area contributed by atoms with Crippen molar-refractivity contribution in [2.75, 3.05) is 25.7 Å². The predicted octanol–water partition coefficient (Wildman–Crippen LogP) is 2.08. The molecular formula is C14H14N2O4. The number of hydrogen-bond donors (Lipinski definition) is 1. The Labute approximate surface area is 115 Å². The van der Waals surface area contributed by atoms with Crippen molar-refractivity contribution in [3.05, 3.63) is 29.5 Å². The SMILES string of the molecule is COC(=O)c1cc2c3c(ccc2[nH]1)N(C(=O)OC)CC3. The first-order valence-corrected chi connectivity index (χ1v) is 6.24. The van der Waals surface area contributed by atoms with Crippen molar-refractivity contribution in [1.82, 2.24) is 4.98 Å². The van der Waals surface area contributed by atoms with Crippen LogP contribution in [-0.4, -0.2) is 37.8 Å². The molecule has 0 fully saturated rings. The number of ether oxygens (including phenoxy) is 2. The monoisotopic (exact) mass is 274 g/mol. The molecule has 0 saturated heterocycles. The Morgan fingerprint density at radius 3 is 2.75 bits per heavy atom. The Hall–Kier alpha value is -2.50. The number of aromatic amines is 1. The van der Waals surface area contributed by atoms with Gasteiger partial charge in [-0.2, -0.15) is 0 Å². The molecule has 2 aromatic rings. The van der Waals surface area contributed by atoms with Crippen molar-refractivity contribution >= 4 is 28.7 Å². The highest BCUT2D eigenvalue weighted by Gasteiger charge is 2.27. The highest BCUT2D eigenvalue weighted by molar-refractivity contribution is 6.01. The molecule has 104 valence electrons. The minimum Gasteiger partial charge on any atom is -0.464 e. The lowest BCUT2D eigenvalue weighted by Gasteiger charge is -2.15. The topological polar surface area (TPSA) is 71.6 Å². The van der Waals surface area contributed by atoms with Crippen LogP contribution in [0.4, 0.5) is 10.5 Å². The molecule has 6 nitrogen and oxygen atoms in total. The van der Waals surface area contributed by atoms with E-state index >= 15 is 0 Å². The number of nitrogens with zero attached hydrogens (tertiary/aromatic N) is 1. The van der Waals surface area contributed by atoms with E-state index in [0.29, 0.717) is 12.2 Å². The van der Waals surface area contributed by atoms with Crippen molar-refractivity contribution < 1.29 is 19.1 Å². The number of nitrogens with one attached hydrogen (secondary N) is 1. The molecule has 0 radical (unpaired) electrons. The second-order valence-corrected chi connectivity index (χ2v) is 4.57. The molecule has 0 unspecified atom stereocenters. The number of carbonyl (C=O) groups excluding carboxylic acids is 2. The lowest BCUT2D eigenvalue weighted by atomic mass is 10.1.